The molecule has 1 aliphatic rings. The molecule has 0 aromatic heterocycles. The van der Waals surface area contributed by atoms with Crippen LogP contribution < -0.4 is 0 Å². The maximum Gasteiger partial charge on any atom is 0.294 e. The predicted molar refractivity (Wildman–Crippen MR) is 97.2 cm³/mol. The van der Waals surface area contributed by atoms with E-state index in [1.54, 1.807) is 19.1 Å². The van der Waals surface area contributed by atoms with Crippen LogP contribution in [0.3, 0.4) is 0 Å². The van der Waals surface area contributed by atoms with E-state index in [0.717, 1.165) is 25.5 Å². The van der Waals surface area contributed by atoms with E-state index in [4.69, 9.17) is 9.66 Å². The summed E-state index contributed by atoms with van der Waals surface area (Å²) in [7, 11) is -3.02. The molecule has 0 bridgehead atoms. The molecular weight excluding hydrogens is 340 g/mol. The summed E-state index contributed by atoms with van der Waals surface area (Å²) in [6.07, 6.45) is 2.07. The van der Waals surface area contributed by atoms with Crippen LogP contribution in [0.5, 0.6) is 0 Å². The second kappa shape index (κ2) is 8.89. The minimum absolute atomic E-state index is 0.0666. The van der Waals surface area contributed by atoms with Crippen LogP contribution in [0.15, 0.2) is 59.5 Å². The molecule has 5 nitrogen and oxygen atoms in total. The Morgan fingerprint density at radius 2 is 1.44 bits per heavy atom. The number of aliphatic hydroxyl groups excluding tert-OH is 1. The maximum absolute atomic E-state index is 11.3. The highest BCUT2D eigenvalue weighted by molar-refractivity contribution is 7.85. The molecule has 0 aliphatic heterocycles. The Morgan fingerprint density at radius 3 is 1.80 bits per heavy atom. The fraction of sp³-hybridized carbons (Fsp3) is 0.316. The van der Waals surface area contributed by atoms with Gasteiger partial charge in [-0.1, -0.05) is 48.0 Å². The van der Waals surface area contributed by atoms with Gasteiger partial charge in [0.2, 0.25) is 0 Å². The Morgan fingerprint density at radius 1 is 0.960 bits per heavy atom. The first kappa shape index (κ1) is 21.0. The Bertz CT molecular complexity index is 776. The number of aryl methyl sites for hydroxylation is 1. The van der Waals surface area contributed by atoms with Crippen LogP contribution in [0.25, 0.3) is 0 Å². The Kier molecular flexibility index (Phi) is 7.48. The lowest BCUT2D eigenvalue weighted by Gasteiger charge is -2.10. The first-order valence-electron chi connectivity index (χ1n) is 7.81. The Labute approximate surface area is 149 Å². The van der Waals surface area contributed by atoms with E-state index >= 15 is 0 Å². The summed E-state index contributed by atoms with van der Waals surface area (Å²) in [5.41, 5.74) is 2.05. The summed E-state index contributed by atoms with van der Waals surface area (Å²) < 4.78 is 29.6. The smallest absolute Gasteiger partial charge is 0.294 e. The second-order valence-corrected chi connectivity index (χ2v) is 7.21. The zero-order valence-electron chi connectivity index (χ0n) is 14.6. The van der Waals surface area contributed by atoms with Gasteiger partial charge in [0, 0.05) is 7.11 Å². The molecular formula is C19H24O5S. The molecule has 1 fully saturated rings. The molecule has 2 N–H and O–H groups in total. The molecule has 0 atom stereocenters. The summed E-state index contributed by atoms with van der Waals surface area (Å²) >= 11 is 0. The number of benzene rings is 2. The third-order valence-corrected chi connectivity index (χ3v) is 4.94. The van der Waals surface area contributed by atoms with Gasteiger partial charge in [-0.05, 0) is 44.4 Å². The number of hydrogen-bond acceptors (Lipinski definition) is 4. The number of ketones is 1. The summed E-state index contributed by atoms with van der Waals surface area (Å²) in [6.45, 7) is 3.54. The van der Waals surface area contributed by atoms with Crippen LogP contribution in [-0.4, -0.2) is 31.0 Å². The molecule has 1 aliphatic carbocycles. The second-order valence-electron chi connectivity index (χ2n) is 5.79. The van der Waals surface area contributed by atoms with Gasteiger partial charge in [0.25, 0.3) is 10.1 Å². The molecule has 3 rings (SSSR count). The number of hydrogen-bond donors (Lipinski definition) is 2. The molecule has 6 heteroatoms. The minimum Gasteiger partial charge on any atom is -0.400 e. The zero-order chi connectivity index (χ0) is 19.1. The van der Waals surface area contributed by atoms with Crippen molar-refractivity contribution in [1.29, 1.82) is 0 Å². The highest BCUT2D eigenvalue weighted by Gasteiger charge is 2.48. The number of Topliss-reactive ketones (excluding diaryl/α,β-unsaturated/α-hetero) is 1. The van der Waals surface area contributed by atoms with Gasteiger partial charge in [-0.25, -0.2) is 0 Å². The SMILES string of the molecule is CC(=O)C1(c2ccccc2)CC1.CO.Cc1ccc(S(=O)(=O)O)cc1. The zero-order valence-corrected chi connectivity index (χ0v) is 15.5. The van der Waals surface area contributed by atoms with E-state index in [1.807, 2.05) is 25.1 Å². The predicted octanol–water partition coefficient (Wildman–Crippen LogP) is 3.16. The lowest BCUT2D eigenvalue weighted by molar-refractivity contribution is -0.119. The van der Waals surface area contributed by atoms with Crippen LogP contribution in [0, 0.1) is 6.92 Å². The van der Waals surface area contributed by atoms with Gasteiger partial charge in [0.05, 0.1) is 10.3 Å². The van der Waals surface area contributed by atoms with Crippen LogP contribution in [0.4, 0.5) is 0 Å². The van der Waals surface area contributed by atoms with E-state index in [2.05, 4.69) is 12.1 Å². The third kappa shape index (κ3) is 5.77. The van der Waals surface area contributed by atoms with Crippen molar-refractivity contribution in [3.05, 3.63) is 65.7 Å². The molecule has 0 amide bonds. The summed E-state index contributed by atoms with van der Waals surface area (Å²) in [4.78, 5) is 11.3. The Balaban J connectivity index is 0.000000229. The van der Waals surface area contributed by atoms with Crippen LogP contribution in [0.1, 0.15) is 30.9 Å². The molecule has 136 valence electrons. The quantitative estimate of drug-likeness (QED) is 0.816. The van der Waals surface area contributed by atoms with E-state index in [0.29, 0.717) is 5.78 Å². The molecule has 0 unspecified atom stereocenters. The van der Waals surface area contributed by atoms with Crippen LogP contribution in [-0.2, 0) is 20.3 Å². The highest BCUT2D eigenvalue weighted by Crippen LogP contribution is 2.48. The normalized spacial score (nSPS) is 14.3. The first-order chi connectivity index (χ1) is 11.8. The van der Waals surface area contributed by atoms with E-state index < -0.39 is 10.1 Å². The molecule has 0 radical (unpaired) electrons. The highest BCUT2D eigenvalue weighted by atomic mass is 32.2. The molecule has 0 heterocycles. The van der Waals surface area contributed by atoms with Crippen LogP contribution in [0.2, 0.25) is 0 Å². The molecule has 0 spiro atoms. The average molecular weight is 364 g/mol. The lowest BCUT2D eigenvalue weighted by atomic mass is 9.92. The van der Waals surface area contributed by atoms with Gasteiger partial charge in [-0.15, -0.1) is 0 Å². The van der Waals surface area contributed by atoms with Crippen molar-refractivity contribution in [2.45, 2.75) is 37.0 Å². The van der Waals surface area contributed by atoms with Gasteiger partial charge in [0.1, 0.15) is 5.78 Å². The van der Waals surface area contributed by atoms with Crippen LogP contribution >= 0.6 is 0 Å². The first-order valence-corrected chi connectivity index (χ1v) is 9.25. The van der Waals surface area contributed by atoms with Crippen molar-refractivity contribution >= 4 is 15.9 Å². The monoisotopic (exact) mass is 364 g/mol. The van der Waals surface area contributed by atoms with E-state index in [1.165, 1.54) is 17.7 Å². The topological polar surface area (TPSA) is 91.7 Å². The number of aliphatic hydroxyl groups is 1. The van der Waals surface area contributed by atoms with Gasteiger partial charge in [-0.2, -0.15) is 8.42 Å². The fourth-order valence-electron chi connectivity index (χ4n) is 2.44. The Hall–Kier alpha value is -2.02. The lowest BCUT2D eigenvalue weighted by Crippen LogP contribution is -2.16. The molecule has 25 heavy (non-hydrogen) atoms. The van der Waals surface area contributed by atoms with Crippen molar-refractivity contribution in [2.24, 2.45) is 0 Å². The summed E-state index contributed by atoms with van der Waals surface area (Å²) in [6, 6.07) is 16.1. The van der Waals surface area contributed by atoms with Crippen molar-refractivity contribution < 1.29 is 22.9 Å². The van der Waals surface area contributed by atoms with Crippen molar-refractivity contribution in [1.82, 2.24) is 0 Å². The number of rotatable bonds is 3. The summed E-state index contributed by atoms with van der Waals surface area (Å²) in [5.74, 6) is 0.314. The molecule has 0 saturated heterocycles. The fourth-order valence-corrected chi connectivity index (χ4v) is 2.92. The minimum atomic E-state index is -4.02. The van der Waals surface area contributed by atoms with Gasteiger partial charge in [-0.3, -0.25) is 9.35 Å². The molecule has 2 aromatic carbocycles. The molecule has 2 aromatic rings. The average Bonchev–Trinajstić information content (AvgIpc) is 3.40. The maximum atomic E-state index is 11.3. The largest absolute Gasteiger partial charge is 0.400 e. The van der Waals surface area contributed by atoms with Gasteiger partial charge >= 0.3 is 0 Å². The van der Waals surface area contributed by atoms with Gasteiger partial charge in [0.15, 0.2) is 0 Å². The summed E-state index contributed by atoms with van der Waals surface area (Å²) in [5, 5.41) is 7.00. The van der Waals surface area contributed by atoms with E-state index in [-0.39, 0.29) is 10.3 Å². The standard InChI is InChI=1S/C11H12O.C7H8O3S.CH4O/c1-9(12)11(7-8-11)10-5-3-2-4-6-10;1-6-2-4-7(5-3-6)11(8,9)10;1-2/h2-6H,7-8H2,1H3;2-5H,1H3,(H,8,9,10);2H,1H3. The molecule has 1 saturated carbocycles. The van der Waals surface area contributed by atoms with Crippen molar-refractivity contribution in [3.8, 4) is 0 Å². The van der Waals surface area contributed by atoms with Gasteiger partial charge < -0.3 is 5.11 Å². The van der Waals surface area contributed by atoms with Crippen molar-refractivity contribution in [2.75, 3.05) is 7.11 Å². The third-order valence-electron chi connectivity index (χ3n) is 4.07. The number of carbonyl (C=O) groups is 1. The van der Waals surface area contributed by atoms with E-state index in [9.17, 15) is 13.2 Å². The number of carbonyl (C=O) groups excluding carboxylic acids is 1. The van der Waals surface area contributed by atoms with Crippen molar-refractivity contribution in [3.63, 3.8) is 0 Å².